The third-order valence-electron chi connectivity index (χ3n) is 2.98. The molecule has 0 saturated heterocycles. The largest absolute Gasteiger partial charge is 0.496 e. The predicted molar refractivity (Wildman–Crippen MR) is 90.2 cm³/mol. The first kappa shape index (κ1) is 16.5. The summed E-state index contributed by atoms with van der Waals surface area (Å²) < 4.78 is 5.37. The van der Waals surface area contributed by atoms with Gasteiger partial charge in [-0.15, -0.1) is 11.8 Å². The van der Waals surface area contributed by atoms with Crippen molar-refractivity contribution in [1.82, 2.24) is 5.43 Å². The van der Waals surface area contributed by atoms with Crippen molar-refractivity contribution in [2.75, 3.05) is 12.9 Å². The SMILES string of the molecule is COc1ccc(Cl)cc1C(CSc1cccc(Cl)c1)NN. The first-order valence-corrected chi connectivity index (χ1v) is 8.06. The first-order chi connectivity index (χ1) is 10.1. The van der Waals surface area contributed by atoms with Gasteiger partial charge in [0, 0.05) is 26.3 Å². The standard InChI is InChI=1S/C15H16Cl2N2OS/c1-20-15-6-5-11(17)8-13(15)14(19-18)9-21-12-4-2-3-10(16)7-12/h2-8,14,19H,9,18H2,1H3. The highest BCUT2D eigenvalue weighted by atomic mass is 35.5. The van der Waals surface area contributed by atoms with Gasteiger partial charge in [-0.1, -0.05) is 29.3 Å². The lowest BCUT2D eigenvalue weighted by atomic mass is 10.1. The molecule has 2 aromatic rings. The Morgan fingerprint density at radius 2 is 1.95 bits per heavy atom. The number of rotatable bonds is 6. The highest BCUT2D eigenvalue weighted by Gasteiger charge is 2.16. The zero-order valence-corrected chi connectivity index (χ0v) is 13.8. The lowest BCUT2D eigenvalue weighted by molar-refractivity contribution is 0.403. The van der Waals surface area contributed by atoms with E-state index in [0.717, 1.165) is 27.0 Å². The van der Waals surface area contributed by atoms with Gasteiger partial charge >= 0.3 is 0 Å². The van der Waals surface area contributed by atoms with E-state index in [9.17, 15) is 0 Å². The van der Waals surface area contributed by atoms with E-state index in [2.05, 4.69) is 5.43 Å². The molecule has 2 rings (SSSR count). The summed E-state index contributed by atoms with van der Waals surface area (Å²) >= 11 is 13.7. The van der Waals surface area contributed by atoms with E-state index in [1.807, 2.05) is 36.4 Å². The van der Waals surface area contributed by atoms with E-state index in [1.165, 1.54) is 0 Å². The maximum absolute atomic E-state index is 6.06. The van der Waals surface area contributed by atoms with Crippen LogP contribution in [0.25, 0.3) is 0 Å². The summed E-state index contributed by atoms with van der Waals surface area (Å²) in [5.74, 6) is 7.17. The van der Waals surface area contributed by atoms with E-state index in [-0.39, 0.29) is 6.04 Å². The number of benzene rings is 2. The number of nitrogens with two attached hydrogens (primary N) is 1. The van der Waals surface area contributed by atoms with Crippen LogP contribution in [0, 0.1) is 0 Å². The van der Waals surface area contributed by atoms with Gasteiger partial charge in [-0.3, -0.25) is 11.3 Å². The summed E-state index contributed by atoms with van der Waals surface area (Å²) in [6.07, 6.45) is 0. The van der Waals surface area contributed by atoms with Crippen LogP contribution in [0.1, 0.15) is 11.6 Å². The maximum atomic E-state index is 6.06. The Morgan fingerprint density at radius 1 is 1.19 bits per heavy atom. The van der Waals surface area contributed by atoms with Gasteiger partial charge in [-0.2, -0.15) is 0 Å². The van der Waals surface area contributed by atoms with Crippen molar-refractivity contribution >= 4 is 35.0 Å². The molecule has 0 fully saturated rings. The minimum absolute atomic E-state index is 0.0809. The molecular weight excluding hydrogens is 327 g/mol. The fourth-order valence-corrected chi connectivity index (χ4v) is 3.40. The van der Waals surface area contributed by atoms with Crippen molar-refractivity contribution in [2.45, 2.75) is 10.9 Å². The molecule has 112 valence electrons. The monoisotopic (exact) mass is 342 g/mol. The molecule has 1 atom stereocenters. The number of methoxy groups -OCH3 is 1. The van der Waals surface area contributed by atoms with Crippen molar-refractivity contribution in [3.8, 4) is 5.75 Å². The summed E-state index contributed by atoms with van der Waals surface area (Å²) in [6.45, 7) is 0. The third kappa shape index (κ3) is 4.53. The lowest BCUT2D eigenvalue weighted by Crippen LogP contribution is -2.30. The van der Waals surface area contributed by atoms with E-state index in [0.29, 0.717) is 5.02 Å². The van der Waals surface area contributed by atoms with Crippen LogP contribution in [0.15, 0.2) is 47.4 Å². The Balaban J connectivity index is 2.15. The average Bonchev–Trinajstić information content (AvgIpc) is 2.48. The molecule has 0 aliphatic heterocycles. The smallest absolute Gasteiger partial charge is 0.123 e. The van der Waals surface area contributed by atoms with Crippen LogP contribution >= 0.6 is 35.0 Å². The van der Waals surface area contributed by atoms with Crippen LogP contribution < -0.4 is 16.0 Å². The minimum Gasteiger partial charge on any atom is -0.496 e. The molecule has 3 N–H and O–H groups in total. The average molecular weight is 343 g/mol. The summed E-state index contributed by atoms with van der Waals surface area (Å²) in [7, 11) is 1.63. The van der Waals surface area contributed by atoms with Gasteiger partial charge in [0.25, 0.3) is 0 Å². The molecule has 6 heteroatoms. The number of hydrazine groups is 1. The molecule has 1 unspecified atom stereocenters. The van der Waals surface area contributed by atoms with Crippen LogP contribution in [0.4, 0.5) is 0 Å². The fourth-order valence-electron chi connectivity index (χ4n) is 1.94. The Kier molecular flexibility index (Phi) is 6.21. The molecule has 0 aliphatic carbocycles. The van der Waals surface area contributed by atoms with E-state index in [1.54, 1.807) is 24.9 Å². The summed E-state index contributed by atoms with van der Waals surface area (Å²) in [5, 5.41) is 1.37. The molecule has 0 heterocycles. The van der Waals surface area contributed by atoms with Gasteiger partial charge in [0.15, 0.2) is 0 Å². The normalized spacial score (nSPS) is 12.2. The summed E-state index contributed by atoms with van der Waals surface area (Å²) in [6, 6.07) is 13.1. The summed E-state index contributed by atoms with van der Waals surface area (Å²) in [5.41, 5.74) is 3.75. The Hall–Kier alpha value is -0.910. The molecule has 0 amide bonds. The van der Waals surface area contributed by atoms with Gasteiger partial charge in [0.05, 0.1) is 13.2 Å². The number of nitrogens with one attached hydrogen (secondary N) is 1. The topological polar surface area (TPSA) is 47.3 Å². The lowest BCUT2D eigenvalue weighted by Gasteiger charge is -2.19. The third-order valence-corrected chi connectivity index (χ3v) is 4.54. The van der Waals surface area contributed by atoms with Gasteiger partial charge in [-0.25, -0.2) is 0 Å². The number of ether oxygens (including phenoxy) is 1. The van der Waals surface area contributed by atoms with Crippen molar-refractivity contribution in [3.63, 3.8) is 0 Å². The highest BCUT2D eigenvalue weighted by Crippen LogP contribution is 2.32. The fraction of sp³-hybridized carbons (Fsp3) is 0.200. The van der Waals surface area contributed by atoms with Gasteiger partial charge in [0.1, 0.15) is 5.75 Å². The molecular formula is C15H16Cl2N2OS. The van der Waals surface area contributed by atoms with Crippen molar-refractivity contribution in [1.29, 1.82) is 0 Å². The molecule has 21 heavy (non-hydrogen) atoms. The van der Waals surface area contributed by atoms with Gasteiger partial charge in [0.2, 0.25) is 0 Å². The molecule has 0 bridgehead atoms. The summed E-state index contributed by atoms with van der Waals surface area (Å²) in [4.78, 5) is 1.09. The van der Waals surface area contributed by atoms with Gasteiger partial charge < -0.3 is 4.74 Å². The molecule has 0 radical (unpaired) electrons. The Bertz CT molecular complexity index is 610. The second kappa shape index (κ2) is 7.92. The van der Waals surface area contributed by atoms with E-state index < -0.39 is 0 Å². The second-order valence-electron chi connectivity index (χ2n) is 4.37. The molecule has 0 saturated carbocycles. The Labute approximate surface area is 138 Å². The first-order valence-electron chi connectivity index (χ1n) is 6.32. The molecule has 2 aromatic carbocycles. The predicted octanol–water partition coefficient (Wildman–Crippen LogP) is 4.30. The van der Waals surface area contributed by atoms with Crippen LogP contribution in [-0.4, -0.2) is 12.9 Å². The van der Waals surface area contributed by atoms with Crippen LogP contribution in [-0.2, 0) is 0 Å². The molecule has 3 nitrogen and oxygen atoms in total. The number of hydrogen-bond acceptors (Lipinski definition) is 4. The zero-order chi connectivity index (χ0) is 15.2. The van der Waals surface area contributed by atoms with Crippen molar-refractivity contribution in [2.24, 2.45) is 5.84 Å². The molecule has 0 spiro atoms. The van der Waals surface area contributed by atoms with Crippen LogP contribution in [0.5, 0.6) is 5.75 Å². The van der Waals surface area contributed by atoms with Gasteiger partial charge in [-0.05, 0) is 36.4 Å². The number of halogens is 2. The highest BCUT2D eigenvalue weighted by molar-refractivity contribution is 7.99. The van der Waals surface area contributed by atoms with Crippen LogP contribution in [0.3, 0.4) is 0 Å². The van der Waals surface area contributed by atoms with E-state index in [4.69, 9.17) is 33.8 Å². The van der Waals surface area contributed by atoms with E-state index >= 15 is 0 Å². The maximum Gasteiger partial charge on any atom is 0.123 e. The Morgan fingerprint density at radius 3 is 2.62 bits per heavy atom. The minimum atomic E-state index is -0.0809. The van der Waals surface area contributed by atoms with Crippen molar-refractivity contribution < 1.29 is 4.74 Å². The van der Waals surface area contributed by atoms with Crippen molar-refractivity contribution in [3.05, 3.63) is 58.1 Å². The molecule has 0 aromatic heterocycles. The van der Waals surface area contributed by atoms with Crippen LogP contribution in [0.2, 0.25) is 10.0 Å². The second-order valence-corrected chi connectivity index (χ2v) is 6.34. The zero-order valence-electron chi connectivity index (χ0n) is 11.5. The quantitative estimate of drug-likeness (QED) is 0.466. The molecule has 0 aliphatic rings. The number of thioether (sulfide) groups is 1. The number of hydrogen-bond donors (Lipinski definition) is 2.